The van der Waals surface area contributed by atoms with Crippen LogP contribution in [-0.2, 0) is 12.2 Å². The molecule has 0 N–H and O–H groups in total. The predicted octanol–water partition coefficient (Wildman–Crippen LogP) is 4.56. The Bertz CT molecular complexity index is 627. The van der Waals surface area contributed by atoms with E-state index in [-0.39, 0.29) is 11.3 Å². The van der Waals surface area contributed by atoms with Gasteiger partial charge in [-0.1, -0.05) is 11.6 Å². The summed E-state index contributed by atoms with van der Waals surface area (Å²) in [5.41, 5.74) is 1.48. The van der Waals surface area contributed by atoms with E-state index in [0.717, 1.165) is 17.9 Å². The topological polar surface area (TPSA) is 17.1 Å². The lowest BCUT2D eigenvalue weighted by Crippen LogP contribution is -2.00. The number of thioether (sulfide) groups is 1. The van der Waals surface area contributed by atoms with Crippen LogP contribution in [0.5, 0.6) is 0 Å². The lowest BCUT2D eigenvalue weighted by molar-refractivity contribution is 0.104. The largest absolute Gasteiger partial charge is 0.288 e. The van der Waals surface area contributed by atoms with Gasteiger partial charge in [0.25, 0.3) is 0 Å². The summed E-state index contributed by atoms with van der Waals surface area (Å²) in [6.45, 7) is 0. The first-order valence-electron chi connectivity index (χ1n) is 5.84. The molecular weight excluding hydrogens is 303 g/mol. The lowest BCUT2D eigenvalue weighted by atomic mass is 10.1. The standard InChI is InChI=1S/C14H10ClFOS2/c15-11-2-1-9(16)6-10(11)14(17)13-5-8-7-18-4-3-12(8)19-13/h1-2,5-6H,3-4,7H2. The second-order valence-electron chi connectivity index (χ2n) is 4.31. The monoisotopic (exact) mass is 312 g/mol. The Morgan fingerprint density at radius 3 is 2.95 bits per heavy atom. The number of hydrogen-bond acceptors (Lipinski definition) is 3. The van der Waals surface area contributed by atoms with Gasteiger partial charge in [0.1, 0.15) is 5.82 Å². The molecule has 98 valence electrons. The van der Waals surface area contributed by atoms with Crippen LogP contribution < -0.4 is 0 Å². The van der Waals surface area contributed by atoms with Crippen LogP contribution in [0.2, 0.25) is 5.02 Å². The number of thiophene rings is 1. The maximum absolute atomic E-state index is 13.2. The van der Waals surface area contributed by atoms with Gasteiger partial charge in [-0.15, -0.1) is 11.3 Å². The molecule has 0 radical (unpaired) electrons. The predicted molar refractivity (Wildman–Crippen MR) is 79.0 cm³/mol. The first-order chi connectivity index (χ1) is 9.15. The highest BCUT2D eigenvalue weighted by Gasteiger charge is 2.20. The third-order valence-corrected chi connectivity index (χ3v) is 5.60. The molecule has 0 spiro atoms. The zero-order valence-corrected chi connectivity index (χ0v) is 12.3. The summed E-state index contributed by atoms with van der Waals surface area (Å²) in [6, 6.07) is 5.82. The molecule has 1 aliphatic rings. The van der Waals surface area contributed by atoms with Crippen LogP contribution in [-0.4, -0.2) is 11.5 Å². The number of ketones is 1. The van der Waals surface area contributed by atoms with Gasteiger partial charge in [-0.25, -0.2) is 4.39 Å². The van der Waals surface area contributed by atoms with Crippen molar-refractivity contribution in [2.24, 2.45) is 0 Å². The van der Waals surface area contributed by atoms with E-state index in [2.05, 4.69) is 0 Å². The molecular formula is C14H10ClFOS2. The molecule has 19 heavy (non-hydrogen) atoms. The van der Waals surface area contributed by atoms with Crippen LogP contribution in [0.1, 0.15) is 25.7 Å². The van der Waals surface area contributed by atoms with Crippen LogP contribution in [0, 0.1) is 5.82 Å². The number of rotatable bonds is 2. The van der Waals surface area contributed by atoms with E-state index >= 15 is 0 Å². The first-order valence-corrected chi connectivity index (χ1v) is 8.19. The zero-order valence-electron chi connectivity index (χ0n) is 9.91. The zero-order chi connectivity index (χ0) is 13.4. The quantitative estimate of drug-likeness (QED) is 0.756. The minimum Gasteiger partial charge on any atom is -0.288 e. The molecule has 0 amide bonds. The molecule has 2 aromatic rings. The number of fused-ring (bicyclic) bond motifs is 1. The van der Waals surface area contributed by atoms with Crippen LogP contribution >= 0.6 is 34.7 Å². The molecule has 0 saturated heterocycles. The smallest absolute Gasteiger partial charge is 0.204 e. The SMILES string of the molecule is O=C(c1cc2c(s1)CCSC2)c1cc(F)ccc1Cl. The van der Waals surface area contributed by atoms with Crippen molar-refractivity contribution >= 4 is 40.5 Å². The second kappa shape index (κ2) is 5.27. The van der Waals surface area contributed by atoms with Gasteiger partial charge in [0.2, 0.25) is 5.78 Å². The first kappa shape index (κ1) is 13.2. The summed E-state index contributed by atoms with van der Waals surface area (Å²) >= 11 is 9.36. The van der Waals surface area contributed by atoms with Crippen LogP contribution in [0.3, 0.4) is 0 Å². The van der Waals surface area contributed by atoms with Gasteiger partial charge in [0, 0.05) is 16.2 Å². The van der Waals surface area contributed by atoms with E-state index in [9.17, 15) is 9.18 Å². The Labute approximate surface area is 123 Å². The van der Waals surface area contributed by atoms with Crippen molar-refractivity contribution in [3.63, 3.8) is 0 Å². The van der Waals surface area contributed by atoms with Crippen molar-refractivity contribution in [2.45, 2.75) is 12.2 Å². The average molecular weight is 313 g/mol. The van der Waals surface area contributed by atoms with Crippen molar-refractivity contribution in [3.8, 4) is 0 Å². The van der Waals surface area contributed by atoms with Gasteiger partial charge in [-0.05, 0) is 42.0 Å². The van der Waals surface area contributed by atoms with Gasteiger partial charge in [-0.2, -0.15) is 11.8 Å². The van der Waals surface area contributed by atoms with Gasteiger partial charge in [0.05, 0.1) is 9.90 Å². The lowest BCUT2D eigenvalue weighted by Gasteiger charge is -2.08. The fourth-order valence-corrected chi connectivity index (χ4v) is 4.59. The third-order valence-electron chi connectivity index (χ3n) is 3.02. The molecule has 0 fully saturated rings. The van der Waals surface area contributed by atoms with Gasteiger partial charge < -0.3 is 0 Å². The Kier molecular flexibility index (Phi) is 3.65. The maximum Gasteiger partial charge on any atom is 0.204 e. The highest BCUT2D eigenvalue weighted by Crippen LogP contribution is 2.33. The second-order valence-corrected chi connectivity index (χ2v) is 6.96. The van der Waals surface area contributed by atoms with Crippen LogP contribution in [0.15, 0.2) is 24.3 Å². The Hall–Kier alpha value is -0.840. The van der Waals surface area contributed by atoms with E-state index in [0.29, 0.717) is 9.90 Å². The Morgan fingerprint density at radius 2 is 2.16 bits per heavy atom. The van der Waals surface area contributed by atoms with E-state index in [1.165, 1.54) is 40.0 Å². The molecule has 0 unspecified atom stereocenters. The molecule has 2 heterocycles. The summed E-state index contributed by atoms with van der Waals surface area (Å²) in [4.78, 5) is 14.3. The summed E-state index contributed by atoms with van der Waals surface area (Å²) in [6.07, 6.45) is 1.01. The van der Waals surface area contributed by atoms with Gasteiger partial charge in [0.15, 0.2) is 0 Å². The highest BCUT2D eigenvalue weighted by molar-refractivity contribution is 7.98. The fourth-order valence-electron chi connectivity index (χ4n) is 2.06. The van der Waals surface area contributed by atoms with Gasteiger partial charge in [-0.3, -0.25) is 4.79 Å². The number of carbonyl (C=O) groups is 1. The van der Waals surface area contributed by atoms with E-state index in [1.807, 2.05) is 17.8 Å². The Balaban J connectivity index is 1.99. The molecule has 0 aliphatic carbocycles. The van der Waals surface area contributed by atoms with Crippen molar-refractivity contribution in [2.75, 3.05) is 5.75 Å². The number of benzene rings is 1. The molecule has 1 aliphatic heterocycles. The van der Waals surface area contributed by atoms with E-state index < -0.39 is 5.82 Å². The third kappa shape index (κ3) is 2.57. The van der Waals surface area contributed by atoms with E-state index in [1.54, 1.807) is 0 Å². The van der Waals surface area contributed by atoms with Gasteiger partial charge >= 0.3 is 0 Å². The maximum atomic E-state index is 13.2. The number of aryl methyl sites for hydroxylation is 1. The molecule has 5 heteroatoms. The molecule has 1 aromatic carbocycles. The molecule has 0 bridgehead atoms. The van der Waals surface area contributed by atoms with Crippen molar-refractivity contribution in [1.82, 2.24) is 0 Å². The minimum atomic E-state index is -0.440. The van der Waals surface area contributed by atoms with Crippen molar-refractivity contribution < 1.29 is 9.18 Å². The summed E-state index contributed by atoms with van der Waals surface area (Å²) in [5.74, 6) is 1.43. The van der Waals surface area contributed by atoms with E-state index in [4.69, 9.17) is 11.6 Å². The molecule has 1 aromatic heterocycles. The summed E-state index contributed by atoms with van der Waals surface area (Å²) < 4.78 is 13.2. The van der Waals surface area contributed by atoms with Crippen LogP contribution in [0.4, 0.5) is 4.39 Å². The molecule has 0 atom stereocenters. The highest BCUT2D eigenvalue weighted by atomic mass is 35.5. The fraction of sp³-hybridized carbons (Fsp3) is 0.214. The molecule has 0 saturated carbocycles. The number of halogens is 2. The average Bonchev–Trinajstić information content (AvgIpc) is 2.84. The number of hydrogen-bond donors (Lipinski definition) is 0. The van der Waals surface area contributed by atoms with Crippen LogP contribution in [0.25, 0.3) is 0 Å². The van der Waals surface area contributed by atoms with Crippen molar-refractivity contribution in [1.29, 1.82) is 0 Å². The Morgan fingerprint density at radius 1 is 1.32 bits per heavy atom. The normalized spacial score (nSPS) is 14.2. The molecule has 3 rings (SSSR count). The number of carbonyl (C=O) groups excluding carboxylic acids is 1. The molecule has 1 nitrogen and oxygen atoms in total. The summed E-state index contributed by atoms with van der Waals surface area (Å²) in [5, 5.41) is 0.298. The minimum absolute atomic E-state index is 0.186. The summed E-state index contributed by atoms with van der Waals surface area (Å²) in [7, 11) is 0. The van der Waals surface area contributed by atoms with Crippen molar-refractivity contribution in [3.05, 3.63) is 56.0 Å².